The molecule has 574 valence electrons. The van der Waals surface area contributed by atoms with E-state index in [1.54, 1.807) is 11.3 Å². The predicted molar refractivity (Wildman–Crippen MR) is 507 cm³/mol. The van der Waals surface area contributed by atoms with E-state index in [4.69, 9.17) is 43.2 Å². The minimum absolute atomic E-state index is 0.474. The fourth-order valence-corrected chi connectivity index (χ4v) is 21.1. The molecule has 0 aliphatic heterocycles. The second-order valence-electron chi connectivity index (χ2n) is 32.4. The summed E-state index contributed by atoms with van der Waals surface area (Å²) in [5.41, 5.74) is 19.5. The molecule has 0 unspecified atom stereocenters. The molecule has 10 aromatic heterocycles. The quantitative estimate of drug-likeness (QED) is 0.138. The van der Waals surface area contributed by atoms with Crippen molar-refractivity contribution in [1.82, 2.24) is 48.2 Å². The van der Waals surface area contributed by atoms with Gasteiger partial charge in [-0.15, -0.1) is 11.3 Å². The SMILES string of the molecule is c1ccc2cc3c(cc2c1)c1ccccc1n3-c1cc2oc3ccccc3c2cc1-c1nc(-c2ccc3c(c2)oc2ccc(-c4ccc5c(c4)oc4cc(-n6c7ccccc7c7cc8ccccc8cc76)c(-c6nc(-c7ccc8c(c7)sc7ccccc78)nc(-n7c8ccccc8c8ccccc87)n6)cc45)cc23)nc(-n2c3ccccc3c3ccccc32)n1. The maximum absolute atomic E-state index is 7.28. The summed E-state index contributed by atoms with van der Waals surface area (Å²) in [4.78, 5) is 33.7. The van der Waals surface area contributed by atoms with Crippen molar-refractivity contribution in [2.75, 3.05) is 0 Å². The molecule has 0 saturated carbocycles. The second kappa shape index (κ2) is 25.4. The minimum Gasteiger partial charge on any atom is -0.456 e. The van der Waals surface area contributed by atoms with Crippen LogP contribution in [0, 0.1) is 0 Å². The first kappa shape index (κ1) is 67.2. The van der Waals surface area contributed by atoms with Crippen molar-refractivity contribution < 1.29 is 13.3 Å². The molecule has 0 aliphatic rings. The van der Waals surface area contributed by atoms with E-state index < -0.39 is 0 Å². The number of fused-ring (bicyclic) bond motifs is 26. The van der Waals surface area contributed by atoms with Crippen LogP contribution < -0.4 is 0 Å². The Morgan fingerprint density at radius 3 is 1.02 bits per heavy atom. The van der Waals surface area contributed by atoms with Crippen LogP contribution in [0.5, 0.6) is 0 Å². The third-order valence-corrected chi connectivity index (χ3v) is 26.8. The van der Waals surface area contributed by atoms with Crippen LogP contribution in [0.15, 0.2) is 377 Å². The van der Waals surface area contributed by atoms with E-state index in [9.17, 15) is 0 Å². The van der Waals surface area contributed by atoms with E-state index in [1.807, 2.05) is 12.1 Å². The van der Waals surface area contributed by atoms with Crippen LogP contribution in [0.4, 0.5) is 0 Å². The molecule has 124 heavy (non-hydrogen) atoms. The molecular formula is C110H60N10O3S. The molecule has 10 heterocycles. The fraction of sp³-hybridized carbons (Fsp3) is 0. The van der Waals surface area contributed by atoms with Gasteiger partial charge in [0.2, 0.25) is 11.9 Å². The zero-order valence-corrected chi connectivity index (χ0v) is 66.6. The summed E-state index contributed by atoms with van der Waals surface area (Å²) in [5.74, 6) is 3.02. The number of rotatable bonds is 9. The predicted octanol–water partition coefficient (Wildman–Crippen LogP) is 29.2. The number of nitrogens with zero attached hydrogens (tertiary/aromatic N) is 10. The lowest BCUT2D eigenvalue weighted by atomic mass is 10.00. The lowest BCUT2D eigenvalue weighted by Crippen LogP contribution is -2.08. The van der Waals surface area contributed by atoms with Crippen molar-refractivity contribution in [2.45, 2.75) is 0 Å². The maximum atomic E-state index is 7.28. The topological polar surface area (TPSA) is 136 Å². The molecule has 0 amide bonds. The normalized spacial score (nSPS) is 12.4. The van der Waals surface area contributed by atoms with Gasteiger partial charge < -0.3 is 22.4 Å². The van der Waals surface area contributed by atoms with Crippen molar-refractivity contribution in [2.24, 2.45) is 0 Å². The Morgan fingerprint density at radius 1 is 0.185 bits per heavy atom. The first-order valence-electron chi connectivity index (χ1n) is 41.6. The summed E-state index contributed by atoms with van der Waals surface area (Å²) in [6.45, 7) is 0. The van der Waals surface area contributed by atoms with Gasteiger partial charge in [-0.1, -0.05) is 224 Å². The van der Waals surface area contributed by atoms with E-state index in [2.05, 4.69) is 370 Å². The summed E-state index contributed by atoms with van der Waals surface area (Å²) in [6, 6.07) is 129. The third-order valence-electron chi connectivity index (χ3n) is 25.6. The number of benzene rings is 18. The van der Waals surface area contributed by atoms with Gasteiger partial charge in [0.1, 0.15) is 33.5 Å². The molecule has 0 bridgehead atoms. The lowest BCUT2D eigenvalue weighted by molar-refractivity contribution is 0.668. The van der Waals surface area contributed by atoms with E-state index in [0.717, 1.165) is 213 Å². The number of para-hydroxylation sites is 7. The van der Waals surface area contributed by atoms with Crippen LogP contribution in [-0.4, -0.2) is 48.2 Å². The van der Waals surface area contributed by atoms with Crippen molar-refractivity contribution in [1.29, 1.82) is 0 Å². The highest BCUT2D eigenvalue weighted by Gasteiger charge is 2.29. The molecule has 28 aromatic rings. The highest BCUT2D eigenvalue weighted by atomic mass is 32.1. The largest absolute Gasteiger partial charge is 0.456 e. The number of aromatic nitrogens is 10. The van der Waals surface area contributed by atoms with Crippen LogP contribution in [-0.2, 0) is 0 Å². The van der Waals surface area contributed by atoms with Crippen LogP contribution in [0.2, 0.25) is 0 Å². The molecule has 0 spiro atoms. The van der Waals surface area contributed by atoms with Gasteiger partial charge in [-0.3, -0.25) is 9.13 Å². The van der Waals surface area contributed by atoms with Crippen molar-refractivity contribution in [3.8, 4) is 79.9 Å². The van der Waals surface area contributed by atoms with E-state index in [1.165, 1.54) is 20.9 Å². The number of hydrogen-bond acceptors (Lipinski definition) is 10. The first-order valence-corrected chi connectivity index (χ1v) is 42.4. The Morgan fingerprint density at radius 2 is 0.516 bits per heavy atom. The van der Waals surface area contributed by atoms with Crippen LogP contribution >= 0.6 is 11.3 Å². The zero-order chi connectivity index (χ0) is 80.7. The molecule has 18 aromatic carbocycles. The Bertz CT molecular complexity index is 9480. The summed E-state index contributed by atoms with van der Waals surface area (Å²) in [7, 11) is 0. The van der Waals surface area contributed by atoms with Crippen LogP contribution in [0.3, 0.4) is 0 Å². The second-order valence-corrected chi connectivity index (χ2v) is 33.5. The number of thiophene rings is 1. The molecule has 0 fully saturated rings. The molecule has 0 saturated heterocycles. The summed E-state index contributed by atoms with van der Waals surface area (Å²) < 4.78 is 32.5. The van der Waals surface area contributed by atoms with Gasteiger partial charge in [-0.05, 0) is 160 Å². The van der Waals surface area contributed by atoms with Gasteiger partial charge in [0.25, 0.3) is 0 Å². The van der Waals surface area contributed by atoms with E-state index >= 15 is 0 Å². The van der Waals surface area contributed by atoms with Gasteiger partial charge in [0, 0.05) is 130 Å². The first-order chi connectivity index (χ1) is 61.4. The van der Waals surface area contributed by atoms with Gasteiger partial charge in [0.05, 0.1) is 55.5 Å². The Kier molecular flexibility index (Phi) is 13.8. The van der Waals surface area contributed by atoms with Crippen LogP contribution in [0.1, 0.15) is 0 Å². The molecular weight excluding hydrogens is 1540 g/mol. The van der Waals surface area contributed by atoms with E-state index in [-0.39, 0.29) is 0 Å². The van der Waals surface area contributed by atoms with Crippen LogP contribution in [0.25, 0.3) is 275 Å². The van der Waals surface area contributed by atoms with Crippen molar-refractivity contribution >= 4 is 206 Å². The Hall–Kier alpha value is -16.7. The number of furan rings is 3. The molecule has 13 nitrogen and oxygen atoms in total. The Balaban J connectivity index is 0.618. The fourth-order valence-electron chi connectivity index (χ4n) is 20.0. The summed E-state index contributed by atoms with van der Waals surface area (Å²) >= 11 is 1.78. The standard InChI is InChI=1S/C110H60N10O3S/c1-3-23-63-52-93-80(49-61(63)21-1)73-29-9-13-33-87(73)117(93)95-59-101-83(75-31-11-19-39-97(75)121-101)57-85(95)107-111-105(113-109(115-107)119-89-35-15-5-25-69(89)70-26-6-16-36-90(70)119)67-42-46-76-82-51-65(44-48-98(82)122-100(76)55-67)66-41-45-77-84-58-86(96(60-102(84)123-99(77)54-66)118-88-34-14-10-30-74(88)81-50-62-22-2-4-24-64(62)53-94(81)118)108-112-106(68-43-47-79-78-32-12-20-40-103(78)124-104(79)56-68)114-110(116-108)120-91-37-17-7-27-71(91)72-28-8-18-38-92(72)120/h1-60H. The monoisotopic (exact) mass is 1600 g/mol. The van der Waals surface area contributed by atoms with Crippen molar-refractivity contribution in [3.05, 3.63) is 364 Å². The molecule has 0 radical (unpaired) electrons. The third kappa shape index (κ3) is 9.84. The maximum Gasteiger partial charge on any atom is 0.238 e. The number of hydrogen-bond donors (Lipinski definition) is 0. The highest BCUT2D eigenvalue weighted by molar-refractivity contribution is 7.25. The zero-order valence-electron chi connectivity index (χ0n) is 65.7. The summed E-state index contributed by atoms with van der Waals surface area (Å²) in [5, 5.41) is 21.7. The smallest absolute Gasteiger partial charge is 0.238 e. The Labute approximate surface area is 706 Å². The molecule has 0 aliphatic carbocycles. The molecule has 28 rings (SSSR count). The van der Waals surface area contributed by atoms with Gasteiger partial charge in [-0.2, -0.15) is 19.9 Å². The van der Waals surface area contributed by atoms with E-state index in [0.29, 0.717) is 40.8 Å². The lowest BCUT2D eigenvalue weighted by Gasteiger charge is -2.16. The molecule has 0 atom stereocenters. The molecule has 0 N–H and O–H groups in total. The van der Waals surface area contributed by atoms with Gasteiger partial charge in [0.15, 0.2) is 23.3 Å². The van der Waals surface area contributed by atoms with Gasteiger partial charge in [-0.25, -0.2) is 9.97 Å². The average Bonchev–Trinajstić information content (AvgIpc) is 1.54. The average molecular weight is 1600 g/mol. The minimum atomic E-state index is 0.474. The van der Waals surface area contributed by atoms with Crippen molar-refractivity contribution in [3.63, 3.8) is 0 Å². The molecule has 14 heteroatoms. The van der Waals surface area contributed by atoms with Gasteiger partial charge >= 0.3 is 0 Å². The summed E-state index contributed by atoms with van der Waals surface area (Å²) in [6.07, 6.45) is 0. The highest BCUT2D eigenvalue weighted by Crippen LogP contribution is 2.48.